The van der Waals surface area contributed by atoms with Crippen LogP contribution in [0.2, 0.25) is 5.02 Å². The molecule has 0 unspecified atom stereocenters. The van der Waals surface area contributed by atoms with E-state index in [2.05, 4.69) is 9.88 Å². The highest BCUT2D eigenvalue weighted by Crippen LogP contribution is 2.34. The molecular weight excluding hydrogens is 356 g/mol. The van der Waals surface area contributed by atoms with Crippen LogP contribution in [0.15, 0.2) is 45.8 Å². The standard InChI is InChI=1S/C15H13ClN2O3S2/c1-9-6-13(21-17-9)14-8-15(10(2)22-14)23(19,20)18-12-5-3-4-11(16)7-12/h3-8,18H,1-2H3. The third kappa shape index (κ3) is 3.41. The van der Waals surface area contributed by atoms with Crippen LogP contribution in [-0.2, 0) is 10.0 Å². The number of sulfonamides is 1. The van der Waals surface area contributed by atoms with Crippen LogP contribution in [0.5, 0.6) is 0 Å². The molecule has 120 valence electrons. The van der Waals surface area contributed by atoms with Crippen molar-refractivity contribution in [3.63, 3.8) is 0 Å². The molecule has 2 heterocycles. The highest BCUT2D eigenvalue weighted by molar-refractivity contribution is 7.93. The largest absolute Gasteiger partial charge is 0.355 e. The lowest BCUT2D eigenvalue weighted by atomic mass is 10.3. The number of benzene rings is 1. The molecule has 0 bridgehead atoms. The van der Waals surface area contributed by atoms with Crippen molar-refractivity contribution in [2.45, 2.75) is 18.7 Å². The normalized spacial score (nSPS) is 11.6. The number of thiophene rings is 1. The number of anilines is 1. The summed E-state index contributed by atoms with van der Waals surface area (Å²) in [6.45, 7) is 3.57. The van der Waals surface area contributed by atoms with Gasteiger partial charge in [0, 0.05) is 16.0 Å². The molecule has 0 aliphatic carbocycles. The van der Waals surface area contributed by atoms with Crippen molar-refractivity contribution in [1.29, 1.82) is 0 Å². The van der Waals surface area contributed by atoms with E-state index in [0.717, 1.165) is 10.6 Å². The number of hydrogen-bond acceptors (Lipinski definition) is 5. The van der Waals surface area contributed by atoms with Crippen molar-refractivity contribution < 1.29 is 12.9 Å². The number of nitrogens with zero attached hydrogens (tertiary/aromatic N) is 1. The third-order valence-corrected chi connectivity index (χ3v) is 6.05. The second kappa shape index (κ2) is 5.99. The molecule has 8 heteroatoms. The van der Waals surface area contributed by atoms with Gasteiger partial charge in [-0.25, -0.2) is 8.42 Å². The minimum atomic E-state index is -3.70. The summed E-state index contributed by atoms with van der Waals surface area (Å²) in [4.78, 5) is 1.60. The van der Waals surface area contributed by atoms with E-state index in [9.17, 15) is 8.42 Å². The van der Waals surface area contributed by atoms with Gasteiger partial charge in [-0.1, -0.05) is 22.8 Å². The minimum Gasteiger partial charge on any atom is -0.355 e. The van der Waals surface area contributed by atoms with E-state index in [0.29, 0.717) is 21.3 Å². The lowest BCUT2D eigenvalue weighted by Crippen LogP contribution is -2.12. The maximum Gasteiger partial charge on any atom is 0.263 e. The number of aryl methyl sites for hydroxylation is 2. The first-order chi connectivity index (χ1) is 10.8. The van der Waals surface area contributed by atoms with Crippen LogP contribution >= 0.6 is 22.9 Å². The Balaban J connectivity index is 1.95. The van der Waals surface area contributed by atoms with Gasteiger partial charge in [0.25, 0.3) is 10.0 Å². The van der Waals surface area contributed by atoms with Gasteiger partial charge in [0.1, 0.15) is 4.90 Å². The first kappa shape index (κ1) is 16.0. The van der Waals surface area contributed by atoms with Crippen molar-refractivity contribution in [3.8, 4) is 10.6 Å². The first-order valence-corrected chi connectivity index (χ1v) is 9.35. The Labute approximate surface area is 142 Å². The summed E-state index contributed by atoms with van der Waals surface area (Å²) >= 11 is 7.23. The molecule has 0 amide bonds. The molecular formula is C15H13ClN2O3S2. The van der Waals surface area contributed by atoms with E-state index in [1.165, 1.54) is 11.3 Å². The monoisotopic (exact) mass is 368 g/mol. The van der Waals surface area contributed by atoms with Crippen LogP contribution in [0.4, 0.5) is 5.69 Å². The fraction of sp³-hybridized carbons (Fsp3) is 0.133. The van der Waals surface area contributed by atoms with Gasteiger partial charge in [0.05, 0.1) is 16.3 Å². The predicted molar refractivity (Wildman–Crippen MR) is 91.6 cm³/mol. The van der Waals surface area contributed by atoms with Gasteiger partial charge in [-0.2, -0.15) is 0 Å². The predicted octanol–water partition coefficient (Wildman–Crippen LogP) is 4.47. The molecule has 0 spiro atoms. The zero-order chi connectivity index (χ0) is 16.6. The summed E-state index contributed by atoms with van der Waals surface area (Å²) < 4.78 is 32.9. The van der Waals surface area contributed by atoms with Gasteiger partial charge in [0.15, 0.2) is 5.76 Å². The molecule has 2 aromatic heterocycles. The summed E-state index contributed by atoms with van der Waals surface area (Å²) in [5.74, 6) is 0.555. The van der Waals surface area contributed by atoms with Crippen molar-refractivity contribution >= 4 is 38.6 Å². The molecule has 1 aromatic carbocycles. The lowest BCUT2D eigenvalue weighted by Gasteiger charge is -2.07. The van der Waals surface area contributed by atoms with E-state index >= 15 is 0 Å². The van der Waals surface area contributed by atoms with Crippen LogP contribution in [-0.4, -0.2) is 13.6 Å². The van der Waals surface area contributed by atoms with Gasteiger partial charge in [-0.15, -0.1) is 11.3 Å². The Morgan fingerprint density at radius 2 is 2.00 bits per heavy atom. The Morgan fingerprint density at radius 1 is 1.22 bits per heavy atom. The van der Waals surface area contributed by atoms with Gasteiger partial charge < -0.3 is 4.52 Å². The Morgan fingerprint density at radius 3 is 2.65 bits per heavy atom. The molecule has 0 fully saturated rings. The van der Waals surface area contributed by atoms with Crippen molar-refractivity contribution in [3.05, 3.63) is 52.0 Å². The van der Waals surface area contributed by atoms with E-state index in [1.54, 1.807) is 43.3 Å². The van der Waals surface area contributed by atoms with Gasteiger partial charge in [0.2, 0.25) is 0 Å². The number of rotatable bonds is 4. The van der Waals surface area contributed by atoms with E-state index in [4.69, 9.17) is 16.1 Å². The summed E-state index contributed by atoms with van der Waals surface area (Å²) in [5, 5.41) is 4.29. The Kier molecular flexibility index (Phi) is 4.18. The van der Waals surface area contributed by atoms with Crippen LogP contribution in [0.25, 0.3) is 10.6 Å². The molecule has 0 aliphatic heterocycles. The van der Waals surface area contributed by atoms with Gasteiger partial charge >= 0.3 is 0 Å². The molecule has 0 atom stereocenters. The van der Waals surface area contributed by atoms with Crippen molar-refractivity contribution in [2.24, 2.45) is 0 Å². The van der Waals surface area contributed by atoms with Gasteiger partial charge in [-0.3, -0.25) is 4.72 Å². The van der Waals surface area contributed by atoms with Crippen LogP contribution in [0.3, 0.4) is 0 Å². The lowest BCUT2D eigenvalue weighted by molar-refractivity contribution is 0.428. The second-order valence-corrected chi connectivity index (χ2v) is 8.32. The SMILES string of the molecule is Cc1cc(-c2cc(S(=O)(=O)Nc3cccc(Cl)c3)c(C)s2)on1. The van der Waals surface area contributed by atoms with Crippen LogP contribution in [0.1, 0.15) is 10.6 Å². The van der Waals surface area contributed by atoms with E-state index in [-0.39, 0.29) is 4.90 Å². The maximum absolute atomic E-state index is 12.6. The summed E-state index contributed by atoms with van der Waals surface area (Å²) in [6, 6.07) is 9.93. The first-order valence-electron chi connectivity index (χ1n) is 6.68. The number of nitrogens with one attached hydrogen (secondary N) is 1. The Bertz CT molecular complexity index is 961. The summed E-state index contributed by atoms with van der Waals surface area (Å²) in [5.41, 5.74) is 1.16. The highest BCUT2D eigenvalue weighted by Gasteiger charge is 2.22. The fourth-order valence-electron chi connectivity index (χ4n) is 2.10. The zero-order valence-corrected chi connectivity index (χ0v) is 14.7. The van der Waals surface area contributed by atoms with Crippen molar-refractivity contribution in [1.82, 2.24) is 5.16 Å². The number of halogens is 1. The molecule has 5 nitrogen and oxygen atoms in total. The molecule has 0 saturated heterocycles. The third-order valence-electron chi connectivity index (χ3n) is 3.11. The molecule has 0 aliphatic rings. The Hall–Kier alpha value is -1.83. The minimum absolute atomic E-state index is 0.214. The summed E-state index contributed by atoms with van der Waals surface area (Å²) in [6.07, 6.45) is 0. The molecule has 3 rings (SSSR count). The maximum atomic E-state index is 12.6. The molecule has 1 N–H and O–H groups in total. The molecule has 0 radical (unpaired) electrons. The smallest absolute Gasteiger partial charge is 0.263 e. The molecule has 23 heavy (non-hydrogen) atoms. The summed E-state index contributed by atoms with van der Waals surface area (Å²) in [7, 11) is -3.70. The average molecular weight is 369 g/mol. The number of hydrogen-bond donors (Lipinski definition) is 1. The van der Waals surface area contributed by atoms with Crippen molar-refractivity contribution in [2.75, 3.05) is 4.72 Å². The van der Waals surface area contributed by atoms with Crippen LogP contribution in [0, 0.1) is 13.8 Å². The second-order valence-electron chi connectivity index (χ2n) is 4.98. The topological polar surface area (TPSA) is 72.2 Å². The highest BCUT2D eigenvalue weighted by atomic mass is 35.5. The van der Waals surface area contributed by atoms with Gasteiger partial charge in [-0.05, 0) is 38.1 Å². The van der Waals surface area contributed by atoms with Crippen LogP contribution < -0.4 is 4.72 Å². The van der Waals surface area contributed by atoms with E-state index < -0.39 is 10.0 Å². The zero-order valence-electron chi connectivity index (χ0n) is 12.3. The average Bonchev–Trinajstić information content (AvgIpc) is 3.04. The molecule has 3 aromatic rings. The molecule has 0 saturated carbocycles. The quantitative estimate of drug-likeness (QED) is 0.737. The fourth-order valence-corrected chi connectivity index (χ4v) is 4.88. The number of aromatic nitrogens is 1. The van der Waals surface area contributed by atoms with E-state index in [1.807, 2.05) is 6.92 Å².